The molecule has 3 aliphatic heterocycles. The van der Waals surface area contributed by atoms with Crippen molar-refractivity contribution in [3.8, 4) is 5.75 Å². The number of hydrogen-bond donors (Lipinski definition) is 1. The number of ether oxygens (including phenoxy) is 1. The Kier molecular flexibility index (Phi) is 2.07. The minimum atomic E-state index is -0.325. The Morgan fingerprint density at radius 1 is 1.11 bits per heavy atom. The number of phenols is 1. The molecule has 1 aromatic carbocycles. The predicted molar refractivity (Wildman–Crippen MR) is 65.5 cm³/mol. The van der Waals surface area contributed by atoms with Crippen LogP contribution in [0.2, 0.25) is 0 Å². The first kappa shape index (κ1) is 11.0. The van der Waals surface area contributed by atoms with E-state index in [-0.39, 0.29) is 41.6 Å². The van der Waals surface area contributed by atoms with E-state index in [1.54, 1.807) is 12.1 Å². The molecule has 1 aromatic rings. The van der Waals surface area contributed by atoms with Crippen molar-refractivity contribution in [3.05, 3.63) is 24.3 Å². The van der Waals surface area contributed by atoms with Crippen LogP contribution in [0.3, 0.4) is 0 Å². The molecule has 0 aromatic heterocycles. The first-order valence-corrected chi connectivity index (χ1v) is 6.49. The zero-order chi connectivity index (χ0) is 13.1. The molecule has 3 saturated heterocycles. The Bertz CT molecular complexity index is 557. The second-order valence-corrected chi connectivity index (χ2v) is 5.37. The van der Waals surface area contributed by atoms with Crippen LogP contribution < -0.4 is 4.90 Å². The molecule has 0 radical (unpaired) electrons. The largest absolute Gasteiger partial charge is 0.508 e. The lowest BCUT2D eigenvalue weighted by Gasteiger charge is -2.17. The zero-order valence-corrected chi connectivity index (χ0v) is 10.2. The number of imide groups is 1. The van der Waals surface area contributed by atoms with Gasteiger partial charge < -0.3 is 9.84 Å². The molecule has 0 unspecified atom stereocenters. The molecule has 19 heavy (non-hydrogen) atoms. The summed E-state index contributed by atoms with van der Waals surface area (Å²) in [6, 6.07) is 6.26. The quantitative estimate of drug-likeness (QED) is 0.766. The second kappa shape index (κ2) is 3.57. The second-order valence-electron chi connectivity index (χ2n) is 5.37. The minimum Gasteiger partial charge on any atom is -0.508 e. The van der Waals surface area contributed by atoms with E-state index in [1.165, 1.54) is 17.0 Å². The molecule has 0 saturated carbocycles. The lowest BCUT2D eigenvalue weighted by atomic mass is 9.81. The highest BCUT2D eigenvalue weighted by Gasteiger charge is 2.62. The first-order valence-electron chi connectivity index (χ1n) is 6.49. The van der Waals surface area contributed by atoms with Crippen LogP contribution >= 0.6 is 0 Å². The third-order valence-electron chi connectivity index (χ3n) is 4.37. The third-order valence-corrected chi connectivity index (χ3v) is 4.37. The molecular formula is C14H13NO4. The van der Waals surface area contributed by atoms with Gasteiger partial charge in [0.05, 0.1) is 29.7 Å². The summed E-state index contributed by atoms with van der Waals surface area (Å²) in [5, 5.41) is 9.49. The average molecular weight is 259 g/mol. The molecule has 2 bridgehead atoms. The maximum atomic E-state index is 12.4. The van der Waals surface area contributed by atoms with Crippen LogP contribution in [-0.4, -0.2) is 29.1 Å². The number of hydrogen-bond acceptors (Lipinski definition) is 4. The summed E-state index contributed by atoms with van der Waals surface area (Å²) >= 11 is 0. The summed E-state index contributed by atoms with van der Waals surface area (Å²) in [5.41, 5.74) is 0.448. The van der Waals surface area contributed by atoms with Crippen molar-refractivity contribution in [3.63, 3.8) is 0 Å². The van der Waals surface area contributed by atoms with E-state index in [1.807, 2.05) is 0 Å². The van der Waals surface area contributed by atoms with E-state index in [0.717, 1.165) is 12.8 Å². The topological polar surface area (TPSA) is 66.8 Å². The lowest BCUT2D eigenvalue weighted by molar-refractivity contribution is -0.124. The first-order chi connectivity index (χ1) is 9.16. The van der Waals surface area contributed by atoms with Gasteiger partial charge in [0.25, 0.3) is 0 Å². The molecule has 4 atom stereocenters. The van der Waals surface area contributed by atoms with E-state index in [2.05, 4.69) is 0 Å². The van der Waals surface area contributed by atoms with Gasteiger partial charge in [0.15, 0.2) is 0 Å². The van der Waals surface area contributed by atoms with Gasteiger partial charge in [-0.1, -0.05) is 6.07 Å². The van der Waals surface area contributed by atoms with E-state index >= 15 is 0 Å². The van der Waals surface area contributed by atoms with E-state index in [0.29, 0.717) is 5.69 Å². The van der Waals surface area contributed by atoms with Gasteiger partial charge in [0.1, 0.15) is 5.75 Å². The van der Waals surface area contributed by atoms with Crippen molar-refractivity contribution in [1.82, 2.24) is 0 Å². The summed E-state index contributed by atoms with van der Waals surface area (Å²) < 4.78 is 5.67. The molecule has 2 amide bonds. The van der Waals surface area contributed by atoms with Crippen LogP contribution in [0, 0.1) is 11.8 Å². The van der Waals surface area contributed by atoms with Crippen molar-refractivity contribution in [2.24, 2.45) is 11.8 Å². The van der Waals surface area contributed by atoms with Gasteiger partial charge in [-0.15, -0.1) is 0 Å². The Morgan fingerprint density at radius 3 is 2.32 bits per heavy atom. The molecule has 3 aliphatic rings. The highest BCUT2D eigenvalue weighted by atomic mass is 16.5. The van der Waals surface area contributed by atoms with E-state index in [4.69, 9.17) is 4.74 Å². The molecule has 5 heteroatoms. The van der Waals surface area contributed by atoms with E-state index in [9.17, 15) is 14.7 Å². The van der Waals surface area contributed by atoms with Gasteiger partial charge in [-0.25, -0.2) is 4.90 Å². The molecule has 98 valence electrons. The van der Waals surface area contributed by atoms with Gasteiger partial charge in [-0.2, -0.15) is 0 Å². The van der Waals surface area contributed by atoms with Crippen molar-refractivity contribution in [2.45, 2.75) is 25.0 Å². The van der Waals surface area contributed by atoms with Crippen molar-refractivity contribution in [1.29, 1.82) is 0 Å². The van der Waals surface area contributed by atoms with Crippen molar-refractivity contribution in [2.75, 3.05) is 4.90 Å². The Morgan fingerprint density at radius 2 is 1.74 bits per heavy atom. The van der Waals surface area contributed by atoms with Crippen LogP contribution in [0.4, 0.5) is 5.69 Å². The Balaban J connectivity index is 1.75. The number of anilines is 1. The number of aromatic hydroxyl groups is 1. The van der Waals surface area contributed by atoms with Crippen molar-refractivity contribution >= 4 is 17.5 Å². The summed E-state index contributed by atoms with van der Waals surface area (Å²) in [6.45, 7) is 0. The zero-order valence-electron chi connectivity index (χ0n) is 10.2. The predicted octanol–water partition coefficient (Wildman–Crippen LogP) is 1.06. The number of carbonyl (C=O) groups is 2. The van der Waals surface area contributed by atoms with Crippen LogP contribution in [0.25, 0.3) is 0 Å². The number of nitrogens with zero attached hydrogens (tertiary/aromatic N) is 1. The van der Waals surface area contributed by atoms with E-state index < -0.39 is 0 Å². The average Bonchev–Trinajstić information content (AvgIpc) is 3.04. The summed E-state index contributed by atoms with van der Waals surface area (Å²) in [4.78, 5) is 26.1. The van der Waals surface area contributed by atoms with Crippen LogP contribution in [0.1, 0.15) is 12.8 Å². The van der Waals surface area contributed by atoms with Crippen LogP contribution in [0.5, 0.6) is 5.75 Å². The third kappa shape index (κ3) is 1.33. The number of carbonyl (C=O) groups excluding carboxylic acids is 2. The minimum absolute atomic E-state index is 0.0504. The standard InChI is InChI=1S/C14H13NO4/c16-8-3-1-2-7(6-8)15-13(17)11-9-4-5-10(19-9)12(11)14(15)18/h1-3,6,9-12,16H,4-5H2/t9-,10+,11-,12-/m0/s1. The fraction of sp³-hybridized carbons (Fsp3) is 0.429. The highest BCUT2D eigenvalue weighted by Crippen LogP contribution is 2.49. The molecule has 0 aliphatic carbocycles. The SMILES string of the molecule is O=C1[C@@H]2[C@@H](C(=O)N1c1cccc(O)c1)[C@H]1CC[C@@H]2O1. The highest BCUT2D eigenvalue weighted by molar-refractivity contribution is 6.22. The van der Waals surface area contributed by atoms with Crippen molar-refractivity contribution < 1.29 is 19.4 Å². The molecule has 4 rings (SSSR count). The number of amides is 2. The summed E-state index contributed by atoms with van der Waals surface area (Å²) in [7, 11) is 0. The molecule has 3 heterocycles. The van der Waals surface area contributed by atoms with Gasteiger partial charge in [0.2, 0.25) is 11.8 Å². The smallest absolute Gasteiger partial charge is 0.240 e. The molecule has 5 nitrogen and oxygen atoms in total. The number of rotatable bonds is 1. The van der Waals surface area contributed by atoms with Gasteiger partial charge in [-0.05, 0) is 25.0 Å². The molecular weight excluding hydrogens is 246 g/mol. The lowest BCUT2D eigenvalue weighted by Crippen LogP contribution is -2.34. The maximum Gasteiger partial charge on any atom is 0.240 e. The Hall–Kier alpha value is -1.88. The van der Waals surface area contributed by atoms with Crippen LogP contribution in [0.15, 0.2) is 24.3 Å². The monoisotopic (exact) mass is 259 g/mol. The molecule has 0 spiro atoms. The molecule has 1 N–H and O–H groups in total. The fourth-order valence-corrected chi connectivity index (χ4v) is 3.60. The number of benzene rings is 1. The van der Waals surface area contributed by atoms with Crippen LogP contribution in [-0.2, 0) is 14.3 Å². The summed E-state index contributed by atoms with van der Waals surface area (Å²) in [5.74, 6) is -0.975. The van der Waals surface area contributed by atoms with Gasteiger partial charge in [-0.3, -0.25) is 9.59 Å². The van der Waals surface area contributed by atoms with Gasteiger partial charge >= 0.3 is 0 Å². The number of phenolic OH excluding ortho intramolecular Hbond substituents is 1. The Labute approximate surface area is 109 Å². The number of fused-ring (bicyclic) bond motifs is 5. The fourth-order valence-electron chi connectivity index (χ4n) is 3.60. The maximum absolute atomic E-state index is 12.4. The normalized spacial score (nSPS) is 36.1. The molecule has 3 fully saturated rings. The summed E-state index contributed by atoms with van der Waals surface area (Å²) in [6.07, 6.45) is 1.51. The van der Waals surface area contributed by atoms with Gasteiger partial charge in [0, 0.05) is 6.07 Å².